The Bertz CT molecular complexity index is 338. The summed E-state index contributed by atoms with van der Waals surface area (Å²) in [4.78, 5) is 13.3. The zero-order valence-corrected chi connectivity index (χ0v) is 12.6. The van der Waals surface area contributed by atoms with E-state index >= 15 is 0 Å². The smallest absolute Gasteiger partial charge is 0.330 e. The number of allylic oxidation sites excluding steroid dienone is 1. The van der Waals surface area contributed by atoms with Crippen molar-refractivity contribution in [2.75, 3.05) is 7.05 Å². The number of carbonyl (C=O) groups is 1. The van der Waals surface area contributed by atoms with Crippen LogP contribution in [0.15, 0.2) is 11.6 Å². The van der Waals surface area contributed by atoms with Crippen LogP contribution in [0.25, 0.3) is 0 Å². The highest BCUT2D eigenvalue weighted by atomic mass is 16.4. The molecule has 0 unspecified atom stereocenters. The van der Waals surface area contributed by atoms with Gasteiger partial charge in [-0.05, 0) is 66.8 Å². The normalized spacial score (nSPS) is 25.1. The Balaban J connectivity index is 2.76. The minimum absolute atomic E-state index is 0.178. The molecule has 0 aromatic carbocycles. The summed E-state index contributed by atoms with van der Waals surface area (Å²) in [6, 6.07) is 0. The molecule has 0 saturated carbocycles. The number of carboxylic acids is 1. The number of hydrogen-bond donors (Lipinski definition) is 1. The molecule has 1 N–H and O–H groups in total. The maximum Gasteiger partial charge on any atom is 0.330 e. The summed E-state index contributed by atoms with van der Waals surface area (Å²) in [6.45, 7) is 10.8. The van der Waals surface area contributed by atoms with Crippen molar-refractivity contribution in [3.8, 4) is 0 Å². The lowest BCUT2D eigenvalue weighted by Gasteiger charge is -2.53. The molecule has 1 aliphatic rings. The molecule has 1 fully saturated rings. The second-order valence-corrected chi connectivity index (χ2v) is 6.89. The Hall–Kier alpha value is -0.830. The average molecular weight is 253 g/mol. The highest BCUT2D eigenvalue weighted by molar-refractivity contribution is 5.85. The van der Waals surface area contributed by atoms with Crippen molar-refractivity contribution in [2.24, 2.45) is 5.92 Å². The van der Waals surface area contributed by atoms with Gasteiger partial charge in [-0.15, -0.1) is 0 Å². The Morgan fingerprint density at radius 2 is 1.72 bits per heavy atom. The van der Waals surface area contributed by atoms with Crippen LogP contribution >= 0.6 is 0 Å². The number of carboxylic acid groups (broad SMARTS) is 1. The van der Waals surface area contributed by atoms with Gasteiger partial charge in [0.15, 0.2) is 0 Å². The summed E-state index contributed by atoms with van der Waals surface area (Å²) in [5.74, 6) is -0.234. The van der Waals surface area contributed by atoms with Crippen molar-refractivity contribution in [1.82, 2.24) is 4.90 Å². The van der Waals surface area contributed by atoms with E-state index in [2.05, 4.69) is 39.6 Å². The highest BCUT2D eigenvalue weighted by Crippen LogP contribution is 2.41. The number of hydrogen-bond acceptors (Lipinski definition) is 2. The monoisotopic (exact) mass is 253 g/mol. The van der Waals surface area contributed by atoms with Gasteiger partial charge in [0.25, 0.3) is 0 Å². The van der Waals surface area contributed by atoms with Crippen molar-refractivity contribution in [2.45, 2.75) is 65.0 Å². The van der Waals surface area contributed by atoms with Crippen LogP contribution in [0.4, 0.5) is 0 Å². The van der Waals surface area contributed by atoms with Gasteiger partial charge in [0.1, 0.15) is 0 Å². The lowest BCUT2D eigenvalue weighted by atomic mass is 9.73. The van der Waals surface area contributed by atoms with E-state index in [1.54, 1.807) is 6.92 Å². The molecule has 0 aromatic heterocycles. The molecule has 0 radical (unpaired) electrons. The Kier molecular flexibility index (Phi) is 4.26. The van der Waals surface area contributed by atoms with Gasteiger partial charge < -0.3 is 5.11 Å². The Morgan fingerprint density at radius 1 is 1.28 bits per heavy atom. The van der Waals surface area contributed by atoms with Crippen LogP contribution in [0.1, 0.15) is 53.9 Å². The number of rotatable bonds is 3. The van der Waals surface area contributed by atoms with E-state index in [1.165, 1.54) is 0 Å². The van der Waals surface area contributed by atoms with Gasteiger partial charge in [-0.2, -0.15) is 0 Å². The molecule has 0 aromatic rings. The standard InChI is InChI=1S/C15H27NO2/c1-11(13(17)18)7-8-12-9-14(2,3)16(6)15(4,5)10-12/h7,12H,8-10H2,1-6H3,(H,17,18). The number of piperidine rings is 1. The molecule has 18 heavy (non-hydrogen) atoms. The fourth-order valence-corrected chi connectivity index (χ4v) is 3.18. The maximum atomic E-state index is 10.8. The van der Waals surface area contributed by atoms with Gasteiger partial charge in [-0.25, -0.2) is 4.79 Å². The van der Waals surface area contributed by atoms with Gasteiger partial charge in [0, 0.05) is 16.7 Å². The van der Waals surface area contributed by atoms with Crippen LogP contribution in [-0.2, 0) is 4.79 Å². The predicted octanol–water partition coefficient (Wildman–Crippen LogP) is 3.31. The number of nitrogens with zero attached hydrogens (tertiary/aromatic N) is 1. The summed E-state index contributed by atoms with van der Waals surface area (Å²) in [5.41, 5.74) is 0.818. The molecule has 0 aliphatic carbocycles. The lowest BCUT2D eigenvalue weighted by Crippen LogP contribution is -2.58. The largest absolute Gasteiger partial charge is 0.478 e. The number of aliphatic carboxylic acids is 1. The Labute approximate surface area is 111 Å². The fourth-order valence-electron chi connectivity index (χ4n) is 3.18. The first-order valence-electron chi connectivity index (χ1n) is 6.70. The summed E-state index contributed by atoms with van der Waals surface area (Å²) < 4.78 is 0. The van der Waals surface area contributed by atoms with Gasteiger partial charge in [0.2, 0.25) is 0 Å². The molecule has 3 heteroatoms. The molecule has 0 atom stereocenters. The van der Waals surface area contributed by atoms with E-state index in [9.17, 15) is 4.79 Å². The summed E-state index contributed by atoms with van der Waals surface area (Å²) in [6.07, 6.45) is 5.00. The first kappa shape index (κ1) is 15.2. The second-order valence-electron chi connectivity index (χ2n) is 6.89. The Morgan fingerprint density at radius 3 is 2.11 bits per heavy atom. The van der Waals surface area contributed by atoms with E-state index in [0.717, 1.165) is 19.3 Å². The van der Waals surface area contributed by atoms with Crippen LogP contribution in [0.5, 0.6) is 0 Å². The first-order valence-corrected chi connectivity index (χ1v) is 6.70. The van der Waals surface area contributed by atoms with Gasteiger partial charge >= 0.3 is 5.97 Å². The summed E-state index contributed by atoms with van der Waals surface area (Å²) in [7, 11) is 2.19. The molecule has 1 heterocycles. The highest BCUT2D eigenvalue weighted by Gasteiger charge is 2.42. The van der Waals surface area contributed by atoms with Crippen molar-refractivity contribution < 1.29 is 9.90 Å². The van der Waals surface area contributed by atoms with Crippen LogP contribution in [0, 0.1) is 5.92 Å². The molecular formula is C15H27NO2. The average Bonchev–Trinajstić information content (AvgIpc) is 2.21. The third kappa shape index (κ3) is 3.35. The van der Waals surface area contributed by atoms with Crippen LogP contribution in [0.2, 0.25) is 0 Å². The second kappa shape index (κ2) is 5.04. The first-order chi connectivity index (χ1) is 8.06. The molecule has 3 nitrogen and oxygen atoms in total. The quantitative estimate of drug-likeness (QED) is 0.784. The molecule has 1 aliphatic heterocycles. The molecule has 0 spiro atoms. The van der Waals surface area contributed by atoms with E-state index in [-0.39, 0.29) is 11.1 Å². The third-order valence-electron chi connectivity index (χ3n) is 4.49. The molecular weight excluding hydrogens is 226 g/mol. The van der Waals surface area contributed by atoms with Crippen molar-refractivity contribution in [1.29, 1.82) is 0 Å². The minimum Gasteiger partial charge on any atom is -0.478 e. The summed E-state index contributed by atoms with van der Waals surface area (Å²) >= 11 is 0. The maximum absolute atomic E-state index is 10.8. The SMILES string of the molecule is CC(=CCC1CC(C)(C)N(C)C(C)(C)C1)C(=O)O. The van der Waals surface area contributed by atoms with Crippen molar-refractivity contribution >= 4 is 5.97 Å². The molecule has 0 bridgehead atoms. The molecule has 104 valence electrons. The predicted molar refractivity (Wildman–Crippen MR) is 74.7 cm³/mol. The van der Waals surface area contributed by atoms with Crippen molar-refractivity contribution in [3.63, 3.8) is 0 Å². The van der Waals surface area contributed by atoms with Gasteiger partial charge in [0.05, 0.1) is 0 Å². The van der Waals surface area contributed by atoms with Crippen LogP contribution < -0.4 is 0 Å². The van der Waals surface area contributed by atoms with Crippen LogP contribution in [-0.4, -0.2) is 34.1 Å². The fraction of sp³-hybridized carbons (Fsp3) is 0.800. The zero-order chi connectivity index (χ0) is 14.1. The molecule has 1 saturated heterocycles. The topological polar surface area (TPSA) is 40.5 Å². The third-order valence-corrected chi connectivity index (χ3v) is 4.49. The van der Waals surface area contributed by atoms with Crippen LogP contribution in [0.3, 0.4) is 0 Å². The van der Waals surface area contributed by atoms with E-state index in [1.807, 2.05) is 6.08 Å². The van der Waals surface area contributed by atoms with E-state index in [0.29, 0.717) is 11.5 Å². The minimum atomic E-state index is -0.804. The summed E-state index contributed by atoms with van der Waals surface area (Å²) in [5, 5.41) is 8.88. The lowest BCUT2D eigenvalue weighted by molar-refractivity contribution is -0.132. The van der Waals surface area contributed by atoms with Gasteiger partial charge in [-0.1, -0.05) is 6.08 Å². The van der Waals surface area contributed by atoms with E-state index in [4.69, 9.17) is 5.11 Å². The van der Waals surface area contributed by atoms with Gasteiger partial charge in [-0.3, -0.25) is 4.90 Å². The molecule has 0 amide bonds. The van der Waals surface area contributed by atoms with E-state index < -0.39 is 5.97 Å². The van der Waals surface area contributed by atoms with Crippen molar-refractivity contribution in [3.05, 3.63) is 11.6 Å². The molecule has 1 rings (SSSR count). The number of likely N-dealkylation sites (tertiary alicyclic amines) is 1. The zero-order valence-electron chi connectivity index (χ0n) is 12.6.